The monoisotopic (exact) mass is 173 g/mol. The van der Waals surface area contributed by atoms with E-state index in [0.29, 0.717) is 0 Å². The molecular formula is C7H15N3O2. The van der Waals surface area contributed by atoms with Crippen LogP contribution in [0.1, 0.15) is 6.42 Å². The second kappa shape index (κ2) is 4.71. The molecule has 0 aromatic carbocycles. The highest BCUT2D eigenvalue weighted by molar-refractivity contribution is 5.87. The molecule has 0 saturated heterocycles. The van der Waals surface area contributed by atoms with Crippen LogP contribution in [0.4, 0.5) is 0 Å². The fourth-order valence-corrected chi connectivity index (χ4v) is 0.649. The third-order valence-electron chi connectivity index (χ3n) is 1.48. The highest BCUT2D eigenvalue weighted by Gasteiger charge is 2.16. The Bertz CT molecular complexity index is 179. The first-order chi connectivity index (χ1) is 5.49. The van der Waals surface area contributed by atoms with E-state index in [1.165, 1.54) is 11.9 Å². The number of nitrogens with two attached hydrogens (primary N) is 1. The Morgan fingerprint density at radius 2 is 2.00 bits per heavy atom. The van der Waals surface area contributed by atoms with E-state index < -0.39 is 6.04 Å². The molecule has 0 spiro atoms. The van der Waals surface area contributed by atoms with Crippen LogP contribution < -0.4 is 11.1 Å². The van der Waals surface area contributed by atoms with E-state index in [9.17, 15) is 9.59 Å². The van der Waals surface area contributed by atoms with Gasteiger partial charge in [-0.2, -0.15) is 0 Å². The van der Waals surface area contributed by atoms with E-state index in [2.05, 4.69) is 5.32 Å². The first-order valence-electron chi connectivity index (χ1n) is 3.66. The molecular weight excluding hydrogens is 158 g/mol. The molecule has 0 aliphatic rings. The average Bonchev–Trinajstić information content (AvgIpc) is 2.02. The standard InChI is InChI=1S/C7H15N3O2/c1-9-7(12)5(8)4-6(11)10(2)3/h5H,4,8H2,1-3H3,(H,9,12). The van der Waals surface area contributed by atoms with Crippen LogP contribution in [-0.2, 0) is 9.59 Å². The van der Waals surface area contributed by atoms with Crippen molar-refractivity contribution in [2.45, 2.75) is 12.5 Å². The zero-order valence-corrected chi connectivity index (χ0v) is 7.63. The second-order valence-corrected chi connectivity index (χ2v) is 2.71. The van der Waals surface area contributed by atoms with Crippen LogP contribution in [0.15, 0.2) is 0 Å². The summed E-state index contributed by atoms with van der Waals surface area (Å²) in [7, 11) is 4.74. The highest BCUT2D eigenvalue weighted by atomic mass is 16.2. The van der Waals surface area contributed by atoms with Gasteiger partial charge < -0.3 is 16.0 Å². The molecule has 3 N–H and O–H groups in total. The molecule has 0 aliphatic carbocycles. The molecule has 1 atom stereocenters. The lowest BCUT2D eigenvalue weighted by atomic mass is 10.2. The van der Waals surface area contributed by atoms with E-state index >= 15 is 0 Å². The van der Waals surface area contributed by atoms with E-state index in [4.69, 9.17) is 5.73 Å². The van der Waals surface area contributed by atoms with Gasteiger partial charge >= 0.3 is 0 Å². The lowest BCUT2D eigenvalue weighted by molar-refractivity contribution is -0.132. The summed E-state index contributed by atoms with van der Waals surface area (Å²) in [6.45, 7) is 0. The number of amides is 2. The van der Waals surface area contributed by atoms with Gasteiger partial charge in [0, 0.05) is 21.1 Å². The summed E-state index contributed by atoms with van der Waals surface area (Å²) in [6, 6.07) is -0.745. The van der Waals surface area contributed by atoms with Crippen LogP contribution in [0.5, 0.6) is 0 Å². The van der Waals surface area contributed by atoms with Gasteiger partial charge in [0.1, 0.15) is 0 Å². The predicted molar refractivity (Wildman–Crippen MR) is 45.4 cm³/mol. The van der Waals surface area contributed by atoms with Gasteiger partial charge in [-0.05, 0) is 0 Å². The molecule has 0 aromatic heterocycles. The van der Waals surface area contributed by atoms with Crippen LogP contribution >= 0.6 is 0 Å². The smallest absolute Gasteiger partial charge is 0.237 e. The average molecular weight is 173 g/mol. The molecule has 70 valence electrons. The number of nitrogens with zero attached hydrogens (tertiary/aromatic N) is 1. The number of nitrogens with one attached hydrogen (secondary N) is 1. The Hall–Kier alpha value is -1.10. The molecule has 0 radical (unpaired) electrons. The Kier molecular flexibility index (Phi) is 4.28. The summed E-state index contributed by atoms with van der Waals surface area (Å²) >= 11 is 0. The number of hydrogen-bond acceptors (Lipinski definition) is 3. The third-order valence-corrected chi connectivity index (χ3v) is 1.48. The largest absolute Gasteiger partial charge is 0.358 e. The van der Waals surface area contributed by atoms with E-state index in [1.54, 1.807) is 14.1 Å². The minimum Gasteiger partial charge on any atom is -0.358 e. The Balaban J connectivity index is 3.92. The third kappa shape index (κ3) is 3.34. The molecule has 0 bridgehead atoms. The van der Waals surface area contributed by atoms with Crippen molar-refractivity contribution < 1.29 is 9.59 Å². The normalized spacial score (nSPS) is 12.0. The van der Waals surface area contributed by atoms with Gasteiger partial charge in [0.15, 0.2) is 0 Å². The Morgan fingerprint density at radius 3 is 2.33 bits per heavy atom. The van der Waals surface area contributed by atoms with Gasteiger partial charge in [-0.1, -0.05) is 0 Å². The van der Waals surface area contributed by atoms with Gasteiger partial charge in [0.2, 0.25) is 11.8 Å². The minimum atomic E-state index is -0.745. The van der Waals surface area contributed by atoms with Crippen molar-refractivity contribution in [1.29, 1.82) is 0 Å². The number of carbonyl (C=O) groups excluding carboxylic acids is 2. The zero-order valence-electron chi connectivity index (χ0n) is 7.63. The summed E-state index contributed by atoms with van der Waals surface area (Å²) < 4.78 is 0. The maximum absolute atomic E-state index is 11.0. The fourth-order valence-electron chi connectivity index (χ4n) is 0.649. The molecule has 0 fully saturated rings. The number of rotatable bonds is 3. The van der Waals surface area contributed by atoms with Crippen molar-refractivity contribution >= 4 is 11.8 Å². The lowest BCUT2D eigenvalue weighted by Crippen LogP contribution is -2.42. The quantitative estimate of drug-likeness (QED) is 0.547. The maximum Gasteiger partial charge on any atom is 0.237 e. The summed E-state index contributed by atoms with van der Waals surface area (Å²) in [6.07, 6.45) is 0.0483. The lowest BCUT2D eigenvalue weighted by Gasteiger charge is -2.13. The van der Waals surface area contributed by atoms with Crippen LogP contribution in [0.25, 0.3) is 0 Å². The van der Waals surface area contributed by atoms with Gasteiger partial charge in [-0.25, -0.2) is 0 Å². The van der Waals surface area contributed by atoms with Crippen LogP contribution in [0, 0.1) is 0 Å². The molecule has 0 saturated carbocycles. The topological polar surface area (TPSA) is 75.4 Å². The fraction of sp³-hybridized carbons (Fsp3) is 0.714. The van der Waals surface area contributed by atoms with Crippen molar-refractivity contribution in [3.63, 3.8) is 0 Å². The molecule has 5 heteroatoms. The van der Waals surface area contributed by atoms with Gasteiger partial charge in [0.05, 0.1) is 12.5 Å². The van der Waals surface area contributed by atoms with Crippen molar-refractivity contribution in [2.75, 3.05) is 21.1 Å². The number of hydrogen-bond donors (Lipinski definition) is 2. The van der Waals surface area contributed by atoms with Crippen molar-refractivity contribution in [3.8, 4) is 0 Å². The SMILES string of the molecule is CNC(=O)C(N)CC(=O)N(C)C. The van der Waals surface area contributed by atoms with Crippen molar-refractivity contribution in [3.05, 3.63) is 0 Å². The molecule has 1 unspecified atom stereocenters. The summed E-state index contributed by atoms with van der Waals surface area (Å²) in [5.74, 6) is -0.462. The Labute approximate surface area is 71.9 Å². The number of likely N-dealkylation sites (N-methyl/N-ethyl adjacent to an activating group) is 1. The van der Waals surface area contributed by atoms with Gasteiger partial charge in [-0.15, -0.1) is 0 Å². The van der Waals surface area contributed by atoms with E-state index in [-0.39, 0.29) is 18.2 Å². The summed E-state index contributed by atoms with van der Waals surface area (Å²) in [5.41, 5.74) is 5.41. The molecule has 0 aromatic rings. The minimum absolute atomic E-state index is 0.0483. The van der Waals surface area contributed by atoms with Crippen LogP contribution in [-0.4, -0.2) is 43.9 Å². The van der Waals surface area contributed by atoms with Gasteiger partial charge in [-0.3, -0.25) is 9.59 Å². The van der Waals surface area contributed by atoms with Gasteiger partial charge in [0.25, 0.3) is 0 Å². The zero-order chi connectivity index (χ0) is 9.72. The van der Waals surface area contributed by atoms with Crippen molar-refractivity contribution in [1.82, 2.24) is 10.2 Å². The maximum atomic E-state index is 11.0. The molecule has 0 rings (SSSR count). The molecule has 0 heterocycles. The van der Waals surface area contributed by atoms with Crippen LogP contribution in [0.3, 0.4) is 0 Å². The van der Waals surface area contributed by atoms with E-state index in [0.717, 1.165) is 0 Å². The Morgan fingerprint density at radius 1 is 1.50 bits per heavy atom. The molecule has 5 nitrogen and oxygen atoms in total. The number of carbonyl (C=O) groups is 2. The highest BCUT2D eigenvalue weighted by Crippen LogP contribution is 1.92. The molecule has 12 heavy (non-hydrogen) atoms. The molecule has 0 aliphatic heterocycles. The van der Waals surface area contributed by atoms with E-state index in [1.807, 2.05) is 0 Å². The first kappa shape index (κ1) is 10.9. The second-order valence-electron chi connectivity index (χ2n) is 2.71. The first-order valence-corrected chi connectivity index (χ1v) is 3.66. The predicted octanol–water partition coefficient (Wildman–Crippen LogP) is -1.46. The van der Waals surface area contributed by atoms with Crippen LogP contribution in [0.2, 0.25) is 0 Å². The molecule has 2 amide bonds. The summed E-state index contributed by atoms with van der Waals surface area (Å²) in [4.78, 5) is 23.3. The van der Waals surface area contributed by atoms with Crippen molar-refractivity contribution in [2.24, 2.45) is 5.73 Å². The summed E-state index contributed by atoms with van der Waals surface area (Å²) in [5, 5.41) is 2.37.